The molecule has 0 saturated carbocycles. The fraction of sp³-hybridized carbons (Fsp3) is 0.214. The van der Waals surface area contributed by atoms with Crippen LogP contribution in [-0.4, -0.2) is 15.9 Å². The van der Waals surface area contributed by atoms with E-state index in [1.807, 2.05) is 17.5 Å². The van der Waals surface area contributed by atoms with E-state index in [1.165, 1.54) is 57.1 Å². The van der Waals surface area contributed by atoms with E-state index >= 15 is 0 Å². The van der Waals surface area contributed by atoms with Gasteiger partial charge in [0.25, 0.3) is 0 Å². The molecular formula is C28H28IrNO2S-. The second-order valence-corrected chi connectivity index (χ2v) is 9.22. The number of carbonyl (C=O) groups is 1. The van der Waals surface area contributed by atoms with E-state index in [1.54, 1.807) is 0 Å². The van der Waals surface area contributed by atoms with Crippen molar-refractivity contribution >= 4 is 27.2 Å². The minimum absolute atomic E-state index is 0. The molecule has 0 aliphatic carbocycles. The van der Waals surface area contributed by atoms with Crippen molar-refractivity contribution in [3.05, 3.63) is 88.8 Å². The molecule has 0 fully saturated rings. The number of nitrogens with zero attached hydrogens (tertiary/aromatic N) is 1. The molecule has 0 aliphatic heterocycles. The van der Waals surface area contributed by atoms with Crippen LogP contribution in [0.3, 0.4) is 0 Å². The van der Waals surface area contributed by atoms with Gasteiger partial charge in [0.15, 0.2) is 5.78 Å². The quantitative estimate of drug-likeness (QED) is 0.143. The maximum atomic E-state index is 10.0. The van der Waals surface area contributed by atoms with E-state index in [9.17, 15) is 4.79 Å². The molecule has 4 rings (SSSR count). The van der Waals surface area contributed by atoms with Gasteiger partial charge < -0.3 is 10.1 Å². The number of aliphatic hydroxyl groups is 1. The molecular weight excluding hydrogens is 607 g/mol. The topological polar surface area (TPSA) is 50.2 Å². The third-order valence-electron chi connectivity index (χ3n) is 4.97. The first kappa shape index (κ1) is 26.7. The van der Waals surface area contributed by atoms with Crippen LogP contribution >= 0.6 is 11.3 Å². The summed E-state index contributed by atoms with van der Waals surface area (Å²) in [6.07, 6.45) is 3.16. The Morgan fingerprint density at radius 3 is 2.24 bits per heavy atom. The number of thiophene rings is 1. The molecule has 0 spiro atoms. The smallest absolute Gasteiger partial charge is 0.155 e. The number of carbonyl (C=O) groups excluding carboxylic acids is 1. The summed E-state index contributed by atoms with van der Waals surface area (Å²) in [6, 6.07) is 18.7. The van der Waals surface area contributed by atoms with Crippen molar-refractivity contribution in [2.75, 3.05) is 0 Å². The monoisotopic (exact) mass is 635 g/mol. The summed E-state index contributed by atoms with van der Waals surface area (Å²) in [4.78, 5) is 16.0. The van der Waals surface area contributed by atoms with Gasteiger partial charge in [0.1, 0.15) is 0 Å². The van der Waals surface area contributed by atoms with Crippen LogP contribution < -0.4 is 0 Å². The molecule has 0 bridgehead atoms. The fourth-order valence-electron chi connectivity index (χ4n) is 3.73. The number of allylic oxidation sites excluding steroid dienone is 2. The Hall–Kier alpha value is -2.59. The number of pyridine rings is 1. The Morgan fingerprint density at radius 1 is 1.03 bits per heavy atom. The molecule has 5 heteroatoms. The van der Waals surface area contributed by atoms with E-state index in [-0.39, 0.29) is 31.6 Å². The summed E-state index contributed by atoms with van der Waals surface area (Å²) in [5.41, 5.74) is 8.46. The van der Waals surface area contributed by atoms with Crippen molar-refractivity contribution in [2.45, 2.75) is 41.5 Å². The first-order valence-corrected chi connectivity index (χ1v) is 11.3. The standard InChI is InChI=1S/C23H20NS.C5H8O2.Ir/c1-14-8-15(2)10-18(9-14)20-12-21-19(13-24-20)11-22(25-21)23-16(3)6-5-7-17(23)4;1-4(6)3-5(2)7;/h5-9,11-13H,1-4H3;3,6H,1-2H3;/q-1;;/b;4-3-;. The molecule has 2 heterocycles. The summed E-state index contributed by atoms with van der Waals surface area (Å²) in [5, 5.41) is 9.57. The molecule has 0 saturated heterocycles. The first-order valence-electron chi connectivity index (χ1n) is 10.5. The van der Waals surface area contributed by atoms with Crippen LogP contribution in [0.4, 0.5) is 0 Å². The molecule has 33 heavy (non-hydrogen) atoms. The fourth-order valence-corrected chi connectivity index (χ4v) is 4.98. The number of benzene rings is 2. The van der Waals surface area contributed by atoms with Gasteiger partial charge in [-0.3, -0.25) is 4.79 Å². The molecule has 3 nitrogen and oxygen atoms in total. The number of ketones is 1. The zero-order valence-electron chi connectivity index (χ0n) is 19.7. The van der Waals surface area contributed by atoms with Gasteiger partial charge in [-0.15, -0.1) is 46.2 Å². The Bertz CT molecular complexity index is 1280. The van der Waals surface area contributed by atoms with Gasteiger partial charge in [0.05, 0.1) is 5.76 Å². The average molecular weight is 635 g/mol. The van der Waals surface area contributed by atoms with Crippen molar-refractivity contribution < 1.29 is 30.0 Å². The van der Waals surface area contributed by atoms with Crippen LogP contribution in [0, 0.1) is 33.8 Å². The number of aryl methyl sites for hydroxylation is 4. The van der Waals surface area contributed by atoms with Crippen molar-refractivity contribution in [1.82, 2.24) is 4.98 Å². The minimum atomic E-state index is -0.125. The second kappa shape index (κ2) is 11.5. The number of hydrogen-bond donors (Lipinski definition) is 1. The van der Waals surface area contributed by atoms with Gasteiger partial charge in [-0.05, 0) is 56.1 Å². The zero-order valence-corrected chi connectivity index (χ0v) is 23.0. The number of fused-ring (bicyclic) bond motifs is 1. The maximum absolute atomic E-state index is 10.0. The molecule has 0 unspecified atom stereocenters. The van der Waals surface area contributed by atoms with Crippen molar-refractivity contribution in [2.24, 2.45) is 0 Å². The third kappa shape index (κ3) is 6.94. The summed E-state index contributed by atoms with van der Waals surface area (Å²) >= 11 is 1.84. The molecule has 2 aromatic heterocycles. The van der Waals surface area contributed by atoms with Gasteiger partial charge in [-0.2, -0.15) is 0 Å². The van der Waals surface area contributed by atoms with Gasteiger partial charge in [-0.1, -0.05) is 38.1 Å². The predicted molar refractivity (Wildman–Crippen MR) is 135 cm³/mol. The van der Waals surface area contributed by atoms with Crippen LogP contribution in [0.25, 0.3) is 31.8 Å². The minimum Gasteiger partial charge on any atom is -0.512 e. The van der Waals surface area contributed by atoms with Crippen LogP contribution in [0.1, 0.15) is 36.1 Å². The Labute approximate surface area is 213 Å². The van der Waals surface area contributed by atoms with E-state index < -0.39 is 0 Å². The second-order valence-electron chi connectivity index (χ2n) is 8.14. The van der Waals surface area contributed by atoms with Crippen molar-refractivity contribution in [1.29, 1.82) is 0 Å². The summed E-state index contributed by atoms with van der Waals surface area (Å²) in [7, 11) is 0. The third-order valence-corrected chi connectivity index (χ3v) is 6.08. The SMILES string of the molecule is CC(=O)/C=C(/C)O.Cc1[c-]c(-c2cc3sc(-c4c(C)cccc4C)cc3cn2)cc(C)c1.[Ir]. The molecule has 1 N–H and O–H groups in total. The Balaban J connectivity index is 0.000000423. The van der Waals surface area contributed by atoms with Gasteiger partial charge in [0, 0.05) is 47.3 Å². The average Bonchev–Trinajstić information content (AvgIpc) is 3.09. The zero-order chi connectivity index (χ0) is 23.4. The normalized spacial score (nSPS) is 10.9. The van der Waals surface area contributed by atoms with E-state index in [2.05, 4.69) is 81.2 Å². The molecule has 0 atom stereocenters. The van der Waals surface area contributed by atoms with Crippen LogP contribution in [0.2, 0.25) is 0 Å². The van der Waals surface area contributed by atoms with Crippen molar-refractivity contribution in [3.8, 4) is 21.7 Å². The molecule has 1 radical (unpaired) electrons. The van der Waals surface area contributed by atoms with E-state index in [4.69, 9.17) is 5.11 Å². The number of aromatic nitrogens is 1. The summed E-state index contributed by atoms with van der Waals surface area (Å²) < 4.78 is 1.27. The van der Waals surface area contributed by atoms with Gasteiger partial charge >= 0.3 is 0 Å². The van der Waals surface area contributed by atoms with Crippen LogP contribution in [0.15, 0.2) is 60.5 Å². The molecule has 4 aromatic rings. The van der Waals surface area contributed by atoms with Gasteiger partial charge in [0.2, 0.25) is 0 Å². The number of rotatable bonds is 3. The predicted octanol–water partition coefficient (Wildman–Crippen LogP) is 7.70. The Morgan fingerprint density at radius 2 is 1.70 bits per heavy atom. The maximum Gasteiger partial charge on any atom is 0.155 e. The largest absolute Gasteiger partial charge is 0.512 e. The first-order chi connectivity index (χ1) is 15.1. The molecule has 173 valence electrons. The summed E-state index contributed by atoms with van der Waals surface area (Å²) in [6.45, 7) is 11.4. The summed E-state index contributed by atoms with van der Waals surface area (Å²) in [5.74, 6) is -0.0625. The Kier molecular flexibility index (Phi) is 9.30. The van der Waals surface area contributed by atoms with E-state index in [0.717, 1.165) is 16.8 Å². The van der Waals surface area contributed by atoms with E-state index in [0.29, 0.717) is 0 Å². The molecule has 0 amide bonds. The number of hydrogen-bond acceptors (Lipinski definition) is 4. The molecule has 2 aromatic carbocycles. The number of aliphatic hydroxyl groups excluding tert-OH is 1. The van der Waals surface area contributed by atoms with Crippen LogP contribution in [0.5, 0.6) is 0 Å². The van der Waals surface area contributed by atoms with Gasteiger partial charge in [-0.25, -0.2) is 0 Å². The van der Waals surface area contributed by atoms with Crippen LogP contribution in [-0.2, 0) is 24.9 Å². The van der Waals surface area contributed by atoms with Crippen molar-refractivity contribution in [3.63, 3.8) is 0 Å². The molecule has 0 aliphatic rings.